The normalized spacial score (nSPS) is 11.9. The van der Waals surface area contributed by atoms with Crippen molar-refractivity contribution in [2.45, 2.75) is 0 Å². The molecule has 2 N–H and O–H groups in total. The van der Waals surface area contributed by atoms with E-state index < -0.39 is 14.0 Å². The van der Waals surface area contributed by atoms with Crippen molar-refractivity contribution in [3.05, 3.63) is 90.0 Å². The lowest BCUT2D eigenvalue weighted by Crippen LogP contribution is -2.33. The molecular weight excluding hydrogens is 511 g/mol. The molecule has 39 heavy (non-hydrogen) atoms. The molecule has 0 fully saturated rings. The Hall–Kier alpha value is -4.48. The zero-order chi connectivity index (χ0) is 27.5. The Balaban J connectivity index is 1.90. The number of methoxy groups -OCH3 is 4. The van der Waals surface area contributed by atoms with E-state index in [4.69, 9.17) is 24.7 Å². The second-order valence-electron chi connectivity index (χ2n) is 8.63. The Morgan fingerprint density at radius 3 is 1.64 bits per heavy atom. The van der Waals surface area contributed by atoms with Gasteiger partial charge in [0.25, 0.3) is 0 Å². The van der Waals surface area contributed by atoms with Gasteiger partial charge in [0.1, 0.15) is 23.0 Å². The first-order valence-electron chi connectivity index (χ1n) is 12.3. The van der Waals surface area contributed by atoms with Crippen LogP contribution in [-0.4, -0.2) is 34.5 Å². The molecule has 0 saturated heterocycles. The van der Waals surface area contributed by atoms with Crippen molar-refractivity contribution in [3.63, 3.8) is 0 Å². The number of nitrogens with zero attached hydrogens (tertiary/aromatic N) is 1. The first-order chi connectivity index (χ1) is 19.0. The van der Waals surface area contributed by atoms with Gasteiger partial charge < -0.3 is 24.7 Å². The van der Waals surface area contributed by atoms with E-state index in [2.05, 4.69) is 6.07 Å². The number of hydrogen-bond donors (Lipinski definition) is 1. The molecule has 1 aliphatic heterocycles. The predicted octanol–water partition coefficient (Wildman–Crippen LogP) is 5.18. The van der Waals surface area contributed by atoms with E-state index in [-0.39, 0.29) is 0 Å². The minimum atomic E-state index is -1.42. The van der Waals surface area contributed by atoms with Gasteiger partial charge in [-0.05, 0) is 47.3 Å². The molecule has 1 heterocycles. The van der Waals surface area contributed by atoms with E-state index >= 15 is 0 Å². The number of amides is 2. The van der Waals surface area contributed by atoms with Crippen LogP contribution in [0.5, 0.6) is 23.0 Å². The summed E-state index contributed by atoms with van der Waals surface area (Å²) in [7, 11) is 5.14. The van der Waals surface area contributed by atoms with Crippen LogP contribution >= 0.6 is 7.92 Å². The van der Waals surface area contributed by atoms with Gasteiger partial charge in [-0.1, -0.05) is 54.6 Å². The van der Waals surface area contributed by atoms with E-state index in [1.54, 1.807) is 33.3 Å². The maximum atomic E-state index is 12.9. The average Bonchev–Trinajstić information content (AvgIpc) is 3.14. The third kappa shape index (κ3) is 4.55. The van der Waals surface area contributed by atoms with Crippen molar-refractivity contribution >= 4 is 53.4 Å². The second-order valence-corrected chi connectivity index (χ2v) is 10.7. The van der Waals surface area contributed by atoms with Crippen LogP contribution in [0.2, 0.25) is 0 Å². The third-order valence-electron chi connectivity index (χ3n) is 6.62. The van der Waals surface area contributed by atoms with Crippen molar-refractivity contribution < 1.29 is 23.7 Å². The van der Waals surface area contributed by atoms with Gasteiger partial charge in [-0.15, -0.1) is 0 Å². The maximum absolute atomic E-state index is 12.9. The van der Waals surface area contributed by atoms with E-state index in [1.807, 2.05) is 84.9 Å². The summed E-state index contributed by atoms with van der Waals surface area (Å²) in [6, 6.07) is 24.5. The number of nitrogens with two attached hydrogens (primary N) is 1. The molecular formula is C31H29N2O5P. The van der Waals surface area contributed by atoms with E-state index in [0.29, 0.717) is 34.4 Å². The number of primary amides is 1. The van der Waals surface area contributed by atoms with Gasteiger partial charge in [-0.25, -0.2) is 4.79 Å². The van der Waals surface area contributed by atoms with Crippen LogP contribution in [-0.2, 0) is 0 Å². The van der Waals surface area contributed by atoms with Crippen molar-refractivity contribution in [2.75, 3.05) is 33.3 Å². The number of benzene rings is 4. The average molecular weight is 541 g/mol. The third-order valence-corrected chi connectivity index (χ3v) is 9.27. The Labute approximate surface area is 229 Å². The number of carbonyl (C=O) groups is 1. The van der Waals surface area contributed by atoms with Crippen LogP contribution in [0.4, 0.5) is 16.2 Å². The molecule has 0 atom stereocenters. The van der Waals surface area contributed by atoms with Crippen molar-refractivity contribution in [2.24, 2.45) is 5.73 Å². The number of urea groups is 1. The van der Waals surface area contributed by atoms with E-state index in [9.17, 15) is 4.79 Å². The molecule has 0 bridgehead atoms. The van der Waals surface area contributed by atoms with Gasteiger partial charge >= 0.3 is 6.03 Å². The first kappa shape index (κ1) is 26.1. The highest BCUT2D eigenvalue weighted by Gasteiger charge is 2.33. The molecule has 198 valence electrons. The van der Waals surface area contributed by atoms with Gasteiger partial charge in [0.2, 0.25) is 0 Å². The largest absolute Gasteiger partial charge is 0.496 e. The molecule has 0 aliphatic carbocycles. The summed E-state index contributed by atoms with van der Waals surface area (Å²) in [5.41, 5.74) is 9.10. The highest BCUT2D eigenvalue weighted by Crippen LogP contribution is 2.48. The quantitative estimate of drug-likeness (QED) is 0.327. The summed E-state index contributed by atoms with van der Waals surface area (Å²) in [4.78, 5) is 14.5. The highest BCUT2D eigenvalue weighted by molar-refractivity contribution is 7.80. The monoisotopic (exact) mass is 540 g/mol. The number of fused-ring (bicyclic) bond motifs is 2. The van der Waals surface area contributed by atoms with Crippen LogP contribution in [0, 0.1) is 0 Å². The smallest absolute Gasteiger partial charge is 0.323 e. The molecule has 5 rings (SSSR count). The molecule has 4 aromatic carbocycles. The van der Waals surface area contributed by atoms with Crippen molar-refractivity contribution in [1.29, 1.82) is 0 Å². The van der Waals surface area contributed by atoms with Crippen molar-refractivity contribution in [3.8, 4) is 23.0 Å². The molecule has 0 spiro atoms. The minimum absolute atomic E-state index is 0.571. The Bertz CT molecular complexity index is 1470. The molecule has 0 saturated carbocycles. The maximum Gasteiger partial charge on any atom is 0.323 e. The number of hydrogen-bond acceptors (Lipinski definition) is 5. The van der Waals surface area contributed by atoms with Gasteiger partial charge in [0.05, 0.1) is 50.4 Å². The lowest BCUT2D eigenvalue weighted by molar-refractivity contribution is 0.256. The zero-order valence-corrected chi connectivity index (χ0v) is 23.1. The molecule has 4 aromatic rings. The van der Waals surface area contributed by atoms with E-state index in [0.717, 1.165) is 27.0 Å². The molecule has 2 amide bonds. The SMILES string of the molecule is COc1cccc(OC)c1P(c1cccc2c1C=Cc1ccccc1N2C(N)=O)c1c(OC)cccc1OC. The van der Waals surface area contributed by atoms with Gasteiger partial charge in [-0.3, -0.25) is 4.90 Å². The summed E-state index contributed by atoms with van der Waals surface area (Å²) >= 11 is 0. The summed E-state index contributed by atoms with van der Waals surface area (Å²) in [5.74, 6) is 2.66. The Morgan fingerprint density at radius 1 is 0.641 bits per heavy atom. The summed E-state index contributed by atoms with van der Waals surface area (Å²) in [5, 5.41) is 2.66. The van der Waals surface area contributed by atoms with Gasteiger partial charge in [-0.2, -0.15) is 0 Å². The molecule has 0 unspecified atom stereocenters. The number of para-hydroxylation sites is 1. The topological polar surface area (TPSA) is 83.2 Å². The van der Waals surface area contributed by atoms with Crippen LogP contribution in [0.15, 0.2) is 78.9 Å². The van der Waals surface area contributed by atoms with Crippen LogP contribution in [0.1, 0.15) is 11.1 Å². The fourth-order valence-electron chi connectivity index (χ4n) is 4.93. The minimum Gasteiger partial charge on any atom is -0.496 e. The van der Waals surface area contributed by atoms with E-state index in [1.165, 1.54) is 0 Å². The van der Waals surface area contributed by atoms with Gasteiger partial charge in [0, 0.05) is 13.5 Å². The van der Waals surface area contributed by atoms with Gasteiger partial charge in [0.15, 0.2) is 0 Å². The molecule has 7 nitrogen and oxygen atoms in total. The lowest BCUT2D eigenvalue weighted by Gasteiger charge is -2.29. The molecule has 1 aliphatic rings. The molecule has 8 heteroatoms. The number of ether oxygens (including phenoxy) is 4. The standard InChI is InChI=1S/C31H29N2O5P/c1-35-24-13-8-14-25(36-2)29(24)39(30-26(37-3)15-9-16-27(30)38-4)28-17-7-12-23-21(28)19-18-20-10-5-6-11-22(20)33(23)31(32)34/h5-19H,1-4H3,(H2,32,34). The zero-order valence-electron chi connectivity index (χ0n) is 22.2. The molecule has 0 aromatic heterocycles. The first-order valence-corrected chi connectivity index (χ1v) is 13.6. The second kappa shape index (κ2) is 11.1. The predicted molar refractivity (Wildman–Crippen MR) is 158 cm³/mol. The van der Waals surface area contributed by atoms with Crippen LogP contribution < -0.4 is 45.5 Å². The highest BCUT2D eigenvalue weighted by atomic mass is 31.1. The fraction of sp³-hybridized carbons (Fsp3) is 0.129. The lowest BCUT2D eigenvalue weighted by atomic mass is 10.1. The number of anilines is 2. The molecule has 0 radical (unpaired) electrons. The van der Waals surface area contributed by atoms with Crippen LogP contribution in [0.25, 0.3) is 12.2 Å². The van der Waals surface area contributed by atoms with Crippen molar-refractivity contribution in [1.82, 2.24) is 0 Å². The van der Waals surface area contributed by atoms with Crippen LogP contribution in [0.3, 0.4) is 0 Å². The Kier molecular flexibility index (Phi) is 7.44. The number of rotatable bonds is 7. The fourth-order valence-corrected chi connectivity index (χ4v) is 7.85. The number of carbonyl (C=O) groups excluding carboxylic acids is 1. The summed E-state index contributed by atoms with van der Waals surface area (Å²) < 4.78 is 23.6. The summed E-state index contributed by atoms with van der Waals surface area (Å²) in [6.07, 6.45) is 4.04. The summed E-state index contributed by atoms with van der Waals surface area (Å²) in [6.45, 7) is 0. The Morgan fingerprint density at radius 2 is 1.13 bits per heavy atom.